The SMILES string of the molecule is COC(=O)[C@@]1(OC)C=NCCS1. The Hall–Kier alpha value is -0.550. The summed E-state index contributed by atoms with van der Waals surface area (Å²) < 4.78 is 9.68. The first kappa shape index (κ1) is 9.54. The predicted octanol–water partition coefficient (Wildman–Crippen LogP) is 0.320. The van der Waals surface area contributed by atoms with Gasteiger partial charge in [-0.05, 0) is 0 Å². The largest absolute Gasteiger partial charge is 0.466 e. The van der Waals surface area contributed by atoms with Crippen LogP contribution in [0.3, 0.4) is 0 Å². The van der Waals surface area contributed by atoms with Gasteiger partial charge in [-0.3, -0.25) is 4.99 Å². The molecule has 0 fully saturated rings. The molecule has 0 N–H and O–H groups in total. The van der Waals surface area contributed by atoms with E-state index in [9.17, 15) is 4.79 Å². The second kappa shape index (κ2) is 3.91. The van der Waals surface area contributed by atoms with E-state index in [1.54, 1.807) is 0 Å². The van der Waals surface area contributed by atoms with Crippen LogP contribution in [0.15, 0.2) is 4.99 Å². The van der Waals surface area contributed by atoms with Crippen LogP contribution in [0.25, 0.3) is 0 Å². The van der Waals surface area contributed by atoms with E-state index in [4.69, 9.17) is 4.74 Å². The molecule has 0 aromatic carbocycles. The van der Waals surface area contributed by atoms with Crippen molar-refractivity contribution in [2.24, 2.45) is 4.99 Å². The van der Waals surface area contributed by atoms with Gasteiger partial charge in [0.1, 0.15) is 0 Å². The van der Waals surface area contributed by atoms with Crippen LogP contribution in [0.4, 0.5) is 0 Å². The fraction of sp³-hybridized carbons (Fsp3) is 0.714. The van der Waals surface area contributed by atoms with Crippen molar-refractivity contribution in [2.75, 3.05) is 26.5 Å². The normalized spacial score (nSPS) is 28.5. The lowest BCUT2D eigenvalue weighted by Gasteiger charge is -2.26. The first-order chi connectivity index (χ1) is 5.75. The highest BCUT2D eigenvalue weighted by atomic mass is 32.2. The van der Waals surface area contributed by atoms with Crippen molar-refractivity contribution in [1.29, 1.82) is 0 Å². The third kappa shape index (κ3) is 1.61. The van der Waals surface area contributed by atoms with Crippen LogP contribution in [0.5, 0.6) is 0 Å². The summed E-state index contributed by atoms with van der Waals surface area (Å²) in [5.41, 5.74) is 0. The highest BCUT2D eigenvalue weighted by Gasteiger charge is 2.40. The second-order valence-electron chi connectivity index (χ2n) is 2.25. The highest BCUT2D eigenvalue weighted by Crippen LogP contribution is 2.28. The first-order valence-corrected chi connectivity index (χ1v) is 4.52. The van der Waals surface area contributed by atoms with Crippen molar-refractivity contribution in [1.82, 2.24) is 0 Å². The minimum absolute atomic E-state index is 0.404. The summed E-state index contributed by atoms with van der Waals surface area (Å²) in [5, 5.41) is 0. The van der Waals surface area contributed by atoms with Crippen LogP contribution in [0.1, 0.15) is 0 Å². The number of ether oxygens (including phenoxy) is 2. The number of carbonyl (C=O) groups is 1. The average Bonchev–Trinajstić information content (AvgIpc) is 2.17. The molecule has 12 heavy (non-hydrogen) atoms. The molecule has 4 nitrogen and oxygen atoms in total. The molecule has 0 unspecified atom stereocenters. The molecule has 68 valence electrons. The van der Waals surface area contributed by atoms with Crippen molar-refractivity contribution >= 4 is 23.9 Å². The van der Waals surface area contributed by atoms with Gasteiger partial charge >= 0.3 is 5.97 Å². The number of methoxy groups -OCH3 is 2. The fourth-order valence-electron chi connectivity index (χ4n) is 0.921. The average molecular weight is 189 g/mol. The number of hydrogen-bond donors (Lipinski definition) is 0. The lowest BCUT2D eigenvalue weighted by Crippen LogP contribution is -2.42. The molecule has 5 heteroatoms. The van der Waals surface area contributed by atoms with Crippen LogP contribution in [-0.4, -0.2) is 43.6 Å². The number of rotatable bonds is 2. The maximum atomic E-state index is 11.3. The van der Waals surface area contributed by atoms with Crippen LogP contribution >= 0.6 is 11.8 Å². The van der Waals surface area contributed by atoms with Gasteiger partial charge in [0, 0.05) is 19.4 Å². The van der Waals surface area contributed by atoms with Crippen LogP contribution in [0, 0.1) is 0 Å². The van der Waals surface area contributed by atoms with Gasteiger partial charge in [0.05, 0.1) is 13.3 Å². The Kier molecular flexibility index (Phi) is 3.11. The highest BCUT2D eigenvalue weighted by molar-refractivity contribution is 8.02. The maximum absolute atomic E-state index is 11.3. The summed E-state index contributed by atoms with van der Waals surface area (Å²) in [6.45, 7) is 0.729. The Morgan fingerprint density at radius 3 is 2.83 bits per heavy atom. The van der Waals surface area contributed by atoms with Crippen molar-refractivity contribution in [3.63, 3.8) is 0 Å². The van der Waals surface area contributed by atoms with Crippen molar-refractivity contribution in [3.05, 3.63) is 0 Å². The lowest BCUT2D eigenvalue weighted by atomic mass is 10.4. The summed E-state index contributed by atoms with van der Waals surface area (Å²) in [6.07, 6.45) is 1.51. The van der Waals surface area contributed by atoms with E-state index in [-0.39, 0.29) is 0 Å². The van der Waals surface area contributed by atoms with E-state index in [0.717, 1.165) is 12.3 Å². The molecule has 0 spiro atoms. The number of thioether (sulfide) groups is 1. The molecule has 1 aliphatic rings. The minimum atomic E-state index is -1.01. The molecule has 0 bridgehead atoms. The quantitative estimate of drug-likeness (QED) is 0.587. The monoisotopic (exact) mass is 189 g/mol. The molecular weight excluding hydrogens is 178 g/mol. The van der Waals surface area contributed by atoms with Gasteiger partial charge in [-0.25, -0.2) is 4.79 Å². The summed E-state index contributed by atoms with van der Waals surface area (Å²) in [6, 6.07) is 0. The van der Waals surface area contributed by atoms with Gasteiger partial charge in [-0.15, -0.1) is 11.8 Å². The molecule has 1 aliphatic heterocycles. The molecule has 0 aliphatic carbocycles. The van der Waals surface area contributed by atoms with Crippen molar-refractivity contribution < 1.29 is 14.3 Å². The fourth-order valence-corrected chi connectivity index (χ4v) is 1.89. The Balaban J connectivity index is 2.80. The minimum Gasteiger partial charge on any atom is -0.466 e. The molecule has 0 aromatic rings. The summed E-state index contributed by atoms with van der Waals surface area (Å²) in [4.78, 5) is 14.3. The van der Waals surface area contributed by atoms with Crippen LogP contribution < -0.4 is 0 Å². The molecule has 1 heterocycles. The molecule has 0 amide bonds. The number of aliphatic imine (C=N–C) groups is 1. The summed E-state index contributed by atoms with van der Waals surface area (Å²) >= 11 is 1.40. The van der Waals surface area contributed by atoms with E-state index in [0.29, 0.717) is 0 Å². The standard InChI is InChI=1S/C7H11NO3S/c1-10-6(9)7(11-2)5-8-3-4-12-7/h5H,3-4H2,1-2H3/t7-/m1/s1. The van der Waals surface area contributed by atoms with Crippen molar-refractivity contribution in [3.8, 4) is 0 Å². The third-order valence-electron chi connectivity index (χ3n) is 1.57. The van der Waals surface area contributed by atoms with Gasteiger partial charge in [0.25, 0.3) is 0 Å². The molecule has 0 aromatic heterocycles. The molecule has 1 atom stereocenters. The summed E-state index contributed by atoms with van der Waals surface area (Å²) in [5.74, 6) is 0.373. The zero-order valence-corrected chi connectivity index (χ0v) is 7.89. The van der Waals surface area contributed by atoms with Crippen molar-refractivity contribution in [2.45, 2.75) is 4.93 Å². The Bertz CT molecular complexity index is 207. The topological polar surface area (TPSA) is 47.9 Å². The Morgan fingerprint density at radius 1 is 1.67 bits per heavy atom. The van der Waals surface area contributed by atoms with Gasteiger partial charge in [-0.1, -0.05) is 0 Å². The second-order valence-corrected chi connectivity index (χ2v) is 3.55. The zero-order chi connectivity index (χ0) is 9.03. The molecular formula is C7H11NO3S. The van der Waals surface area contributed by atoms with Crippen LogP contribution in [0.2, 0.25) is 0 Å². The van der Waals surface area contributed by atoms with E-state index < -0.39 is 10.9 Å². The number of carbonyl (C=O) groups excluding carboxylic acids is 1. The summed E-state index contributed by atoms with van der Waals surface area (Å²) in [7, 11) is 2.81. The maximum Gasteiger partial charge on any atom is 0.354 e. The first-order valence-electron chi connectivity index (χ1n) is 3.53. The number of esters is 1. The molecule has 0 saturated carbocycles. The van der Waals surface area contributed by atoms with E-state index in [1.807, 2.05) is 0 Å². The van der Waals surface area contributed by atoms with E-state index in [1.165, 1.54) is 32.2 Å². The molecule has 1 rings (SSSR count). The predicted molar refractivity (Wildman–Crippen MR) is 47.6 cm³/mol. The smallest absolute Gasteiger partial charge is 0.354 e. The molecule has 0 radical (unpaired) electrons. The Morgan fingerprint density at radius 2 is 2.42 bits per heavy atom. The van der Waals surface area contributed by atoms with E-state index >= 15 is 0 Å². The van der Waals surface area contributed by atoms with Gasteiger partial charge in [0.15, 0.2) is 0 Å². The number of hydrogen-bond acceptors (Lipinski definition) is 5. The molecule has 0 saturated heterocycles. The third-order valence-corrected chi connectivity index (χ3v) is 2.83. The van der Waals surface area contributed by atoms with Gasteiger partial charge in [0.2, 0.25) is 4.93 Å². The Labute approximate surface area is 75.3 Å². The van der Waals surface area contributed by atoms with Crippen LogP contribution in [-0.2, 0) is 14.3 Å². The van der Waals surface area contributed by atoms with Gasteiger partial charge in [-0.2, -0.15) is 0 Å². The zero-order valence-electron chi connectivity index (χ0n) is 7.07. The van der Waals surface area contributed by atoms with E-state index in [2.05, 4.69) is 9.73 Å². The van der Waals surface area contributed by atoms with Gasteiger partial charge < -0.3 is 9.47 Å². The number of nitrogens with zero attached hydrogens (tertiary/aromatic N) is 1. The lowest BCUT2D eigenvalue weighted by molar-refractivity contribution is -0.150.